The number of nitrogens with zero attached hydrogens (tertiary/aromatic N) is 2. The van der Waals surface area contributed by atoms with Crippen LogP contribution in [-0.2, 0) is 21.4 Å². The number of halogens is 2. The SMILES string of the molecule is CC(C)n1c(C=C[C@@H](O)C[C@@H](O)CC(=O)[O-])c(-c2ccc(F)cc2)c(-c2ccc(F)cc2)c1C(=O)NCc1cccc(S(=O)(=O)N(C)C)c1.[Na+]. The fourth-order valence-corrected chi connectivity index (χ4v) is 6.44. The van der Waals surface area contributed by atoms with E-state index in [1.807, 2.05) is 13.8 Å². The van der Waals surface area contributed by atoms with E-state index in [4.69, 9.17) is 0 Å². The van der Waals surface area contributed by atoms with Crippen LogP contribution in [0.4, 0.5) is 8.78 Å². The Bertz CT molecular complexity index is 1950. The Hall–Kier alpha value is -3.69. The number of nitrogens with one attached hydrogen (secondary N) is 1. The number of hydrogen-bond donors (Lipinski definition) is 3. The van der Waals surface area contributed by atoms with Crippen molar-refractivity contribution < 1.29 is 71.7 Å². The molecule has 3 aromatic carbocycles. The summed E-state index contributed by atoms with van der Waals surface area (Å²) in [5, 5.41) is 34.5. The van der Waals surface area contributed by atoms with Crippen LogP contribution in [0, 0.1) is 11.6 Å². The van der Waals surface area contributed by atoms with E-state index in [1.165, 1.54) is 86.9 Å². The van der Waals surface area contributed by atoms with Gasteiger partial charge in [-0.3, -0.25) is 4.79 Å². The summed E-state index contributed by atoms with van der Waals surface area (Å²) in [4.78, 5) is 25.2. The number of carbonyl (C=O) groups is 2. The second-order valence-corrected chi connectivity index (χ2v) is 14.1. The first-order chi connectivity index (χ1) is 23.1. The van der Waals surface area contributed by atoms with Crippen LogP contribution < -0.4 is 40.0 Å². The average Bonchev–Trinajstić information content (AvgIpc) is 3.38. The van der Waals surface area contributed by atoms with Crippen LogP contribution in [0.3, 0.4) is 0 Å². The van der Waals surface area contributed by atoms with Gasteiger partial charge in [0.1, 0.15) is 17.3 Å². The van der Waals surface area contributed by atoms with E-state index < -0.39 is 52.2 Å². The molecule has 0 radical (unpaired) electrons. The number of amides is 1. The standard InChI is InChI=1S/C36H39F2N3O7S.Na/c1-22(2)41-31(17-16-28(42)19-29(43)20-32(44)45)33(24-8-12-26(37)13-9-24)34(25-10-14-27(38)15-11-25)35(41)36(46)39-21-23-6-5-7-30(18-23)49(47,48)40(3)4;/h5-18,22,28-29,42-43H,19-21H2,1-4H3,(H,39,46)(H,44,45);/q;+1/p-1/t28-,29-;/m1./s1. The maximum absolute atomic E-state index is 14.3. The second kappa shape index (κ2) is 17.5. The first-order valence-electron chi connectivity index (χ1n) is 15.4. The number of carbonyl (C=O) groups excluding carboxylic acids is 2. The molecule has 0 aliphatic rings. The number of aliphatic hydroxyl groups is 2. The van der Waals surface area contributed by atoms with Crippen molar-refractivity contribution in [3.63, 3.8) is 0 Å². The molecule has 3 N–H and O–H groups in total. The topological polar surface area (TPSA) is 152 Å². The normalized spacial score (nSPS) is 13.0. The predicted octanol–water partition coefficient (Wildman–Crippen LogP) is 1.13. The number of carboxylic acids is 1. The van der Waals surface area contributed by atoms with Gasteiger partial charge in [0.15, 0.2) is 0 Å². The minimum Gasteiger partial charge on any atom is -0.550 e. The Balaban J connectivity index is 0.00000676. The van der Waals surface area contributed by atoms with Gasteiger partial charge in [0.2, 0.25) is 10.0 Å². The van der Waals surface area contributed by atoms with Crippen molar-refractivity contribution in [2.75, 3.05) is 14.1 Å². The van der Waals surface area contributed by atoms with Gasteiger partial charge in [0.05, 0.1) is 17.1 Å². The molecule has 0 saturated carbocycles. The van der Waals surface area contributed by atoms with Gasteiger partial charge >= 0.3 is 29.6 Å². The maximum atomic E-state index is 14.3. The summed E-state index contributed by atoms with van der Waals surface area (Å²) in [6.07, 6.45) is -0.749. The molecule has 14 heteroatoms. The molecule has 4 aromatic rings. The monoisotopic (exact) mass is 717 g/mol. The van der Waals surface area contributed by atoms with Gasteiger partial charge < -0.3 is 30.0 Å². The summed E-state index contributed by atoms with van der Waals surface area (Å²) in [6.45, 7) is 3.60. The van der Waals surface area contributed by atoms with Crippen LogP contribution in [0.5, 0.6) is 0 Å². The maximum Gasteiger partial charge on any atom is 1.00 e. The number of sulfonamides is 1. The van der Waals surface area contributed by atoms with Crippen molar-refractivity contribution in [3.8, 4) is 22.3 Å². The molecule has 0 saturated heterocycles. The predicted molar refractivity (Wildman–Crippen MR) is 179 cm³/mol. The van der Waals surface area contributed by atoms with E-state index in [-0.39, 0.29) is 59.2 Å². The summed E-state index contributed by atoms with van der Waals surface area (Å²) in [6, 6.07) is 16.8. The zero-order valence-corrected chi connectivity index (χ0v) is 31.2. The first kappa shape index (κ1) is 40.7. The summed E-state index contributed by atoms with van der Waals surface area (Å²) in [5.41, 5.74) is 2.89. The summed E-state index contributed by atoms with van der Waals surface area (Å²) >= 11 is 0. The molecule has 0 bridgehead atoms. The Morgan fingerprint density at radius 3 is 2.02 bits per heavy atom. The summed E-state index contributed by atoms with van der Waals surface area (Å²) in [5.74, 6) is -3.03. The number of benzene rings is 3. The third-order valence-electron chi connectivity index (χ3n) is 7.76. The fourth-order valence-electron chi connectivity index (χ4n) is 5.47. The van der Waals surface area contributed by atoms with Gasteiger partial charge in [0, 0.05) is 62.3 Å². The largest absolute Gasteiger partial charge is 1.00 e. The molecular weight excluding hydrogens is 679 g/mol. The van der Waals surface area contributed by atoms with E-state index in [1.54, 1.807) is 16.7 Å². The van der Waals surface area contributed by atoms with E-state index in [0.717, 1.165) is 4.31 Å². The molecule has 0 aliphatic heterocycles. The van der Waals surface area contributed by atoms with E-state index in [0.29, 0.717) is 33.5 Å². The molecule has 10 nitrogen and oxygen atoms in total. The van der Waals surface area contributed by atoms with Crippen molar-refractivity contribution in [3.05, 3.63) is 107 Å². The quantitative estimate of drug-likeness (QED) is 0.166. The van der Waals surface area contributed by atoms with Crippen molar-refractivity contribution >= 4 is 28.0 Å². The van der Waals surface area contributed by atoms with E-state index in [9.17, 15) is 42.1 Å². The fraction of sp³-hybridized carbons (Fsp3) is 0.278. The van der Waals surface area contributed by atoms with Gasteiger partial charge in [-0.15, -0.1) is 0 Å². The Kier molecular flexibility index (Phi) is 14.3. The molecule has 0 aliphatic carbocycles. The van der Waals surface area contributed by atoms with Crippen LogP contribution in [0.2, 0.25) is 0 Å². The van der Waals surface area contributed by atoms with Gasteiger partial charge in [-0.1, -0.05) is 42.5 Å². The van der Waals surface area contributed by atoms with Crippen LogP contribution in [0.1, 0.15) is 54.5 Å². The molecule has 0 unspecified atom stereocenters. The molecule has 1 aromatic heterocycles. The molecule has 1 amide bonds. The van der Waals surface area contributed by atoms with Gasteiger partial charge in [-0.2, -0.15) is 0 Å². The Labute approximate surface area is 312 Å². The number of rotatable bonds is 14. The minimum atomic E-state index is -3.73. The summed E-state index contributed by atoms with van der Waals surface area (Å²) < 4.78 is 56.5. The van der Waals surface area contributed by atoms with Crippen LogP contribution in [0.25, 0.3) is 28.3 Å². The zero-order chi connectivity index (χ0) is 36.0. The molecule has 50 heavy (non-hydrogen) atoms. The van der Waals surface area contributed by atoms with Crippen LogP contribution in [-0.4, -0.2) is 65.7 Å². The molecule has 1 heterocycles. The molecule has 0 spiro atoms. The Morgan fingerprint density at radius 1 is 0.940 bits per heavy atom. The minimum absolute atomic E-state index is 0. The molecule has 4 rings (SSSR count). The molecule has 0 fully saturated rings. The molecule has 2 atom stereocenters. The second-order valence-electron chi connectivity index (χ2n) is 12.0. The van der Waals surface area contributed by atoms with Crippen molar-refractivity contribution in [2.24, 2.45) is 0 Å². The van der Waals surface area contributed by atoms with E-state index in [2.05, 4.69) is 5.32 Å². The number of aromatic nitrogens is 1. The van der Waals surface area contributed by atoms with Crippen molar-refractivity contribution in [1.82, 2.24) is 14.2 Å². The van der Waals surface area contributed by atoms with Crippen LogP contribution >= 0.6 is 0 Å². The van der Waals surface area contributed by atoms with E-state index >= 15 is 0 Å². The smallest absolute Gasteiger partial charge is 0.550 e. The van der Waals surface area contributed by atoms with Gasteiger partial charge in [-0.25, -0.2) is 21.5 Å². The average molecular weight is 718 g/mol. The van der Waals surface area contributed by atoms with Gasteiger partial charge in [0.25, 0.3) is 5.91 Å². The van der Waals surface area contributed by atoms with Crippen molar-refractivity contribution in [1.29, 1.82) is 0 Å². The van der Waals surface area contributed by atoms with Gasteiger partial charge in [-0.05, 0) is 73.0 Å². The first-order valence-corrected chi connectivity index (χ1v) is 16.9. The number of aliphatic carboxylic acids is 1. The third kappa shape index (κ3) is 9.75. The third-order valence-corrected chi connectivity index (χ3v) is 9.57. The van der Waals surface area contributed by atoms with Crippen molar-refractivity contribution in [2.45, 2.75) is 56.4 Å². The van der Waals surface area contributed by atoms with Crippen LogP contribution in [0.15, 0.2) is 83.8 Å². The summed E-state index contributed by atoms with van der Waals surface area (Å²) in [7, 11) is -0.900. The molecular formula is C36H38F2N3NaO7S. The zero-order valence-electron chi connectivity index (χ0n) is 28.4. The Morgan fingerprint density at radius 2 is 1.50 bits per heavy atom. The number of hydrogen-bond acceptors (Lipinski definition) is 7. The number of aliphatic hydroxyl groups excluding tert-OH is 2. The molecule has 260 valence electrons. The number of carboxylic acid groups (broad SMARTS) is 1.